The lowest BCUT2D eigenvalue weighted by atomic mass is 10.1. The summed E-state index contributed by atoms with van der Waals surface area (Å²) < 4.78 is 31.9. The minimum absolute atomic E-state index is 0.0363. The van der Waals surface area contributed by atoms with Gasteiger partial charge in [-0.1, -0.05) is 6.07 Å². The lowest BCUT2D eigenvalue weighted by Crippen LogP contribution is -2.19. The van der Waals surface area contributed by atoms with Crippen molar-refractivity contribution in [3.63, 3.8) is 0 Å². The molecule has 0 aliphatic heterocycles. The lowest BCUT2D eigenvalue weighted by molar-refractivity contribution is 0.191. The molecule has 16 heavy (non-hydrogen) atoms. The van der Waals surface area contributed by atoms with Crippen molar-refractivity contribution in [1.82, 2.24) is 0 Å². The Bertz CT molecular complexity index is 355. The normalized spacial score (nSPS) is 12.6. The van der Waals surface area contributed by atoms with Gasteiger partial charge in [-0.3, -0.25) is 0 Å². The quantitative estimate of drug-likeness (QED) is 0.837. The first-order chi connectivity index (χ1) is 7.56. The van der Waals surface area contributed by atoms with Crippen molar-refractivity contribution >= 4 is 5.69 Å². The van der Waals surface area contributed by atoms with E-state index in [1.54, 1.807) is 14.0 Å². The van der Waals surface area contributed by atoms with Gasteiger partial charge in [0.2, 0.25) is 0 Å². The van der Waals surface area contributed by atoms with Crippen LogP contribution in [0, 0.1) is 18.6 Å². The molecule has 0 aliphatic carbocycles. The summed E-state index contributed by atoms with van der Waals surface area (Å²) in [5.74, 6) is -1.09. The number of methoxy groups -OCH3 is 1. The second-order valence-corrected chi connectivity index (χ2v) is 3.88. The summed E-state index contributed by atoms with van der Waals surface area (Å²) in [4.78, 5) is 0. The highest BCUT2D eigenvalue weighted by atomic mass is 19.1. The maximum atomic E-state index is 13.6. The third-order valence-electron chi connectivity index (χ3n) is 2.43. The molecule has 0 aliphatic rings. The molecule has 2 nitrogen and oxygen atoms in total. The molecule has 90 valence electrons. The predicted octanol–water partition coefficient (Wildman–Crippen LogP) is 3.11. The Morgan fingerprint density at radius 3 is 2.69 bits per heavy atom. The number of ether oxygens (including phenoxy) is 1. The number of hydrogen-bond acceptors (Lipinski definition) is 2. The third kappa shape index (κ3) is 3.17. The Kier molecular flexibility index (Phi) is 4.68. The summed E-state index contributed by atoms with van der Waals surface area (Å²) in [6.45, 7) is 4.03. The van der Waals surface area contributed by atoms with Crippen LogP contribution in [-0.4, -0.2) is 19.8 Å². The molecule has 0 fully saturated rings. The van der Waals surface area contributed by atoms with Crippen molar-refractivity contribution in [2.24, 2.45) is 0 Å². The van der Waals surface area contributed by atoms with Gasteiger partial charge in [-0.2, -0.15) is 0 Å². The van der Waals surface area contributed by atoms with E-state index in [9.17, 15) is 8.78 Å². The number of benzene rings is 1. The van der Waals surface area contributed by atoms with Crippen LogP contribution in [0.25, 0.3) is 0 Å². The van der Waals surface area contributed by atoms with E-state index >= 15 is 0 Å². The van der Waals surface area contributed by atoms with Crippen LogP contribution >= 0.6 is 0 Å². The number of aryl methyl sites for hydroxylation is 1. The Hall–Kier alpha value is -1.16. The van der Waals surface area contributed by atoms with E-state index in [2.05, 4.69) is 5.32 Å². The van der Waals surface area contributed by atoms with Gasteiger partial charge in [-0.05, 0) is 31.9 Å². The van der Waals surface area contributed by atoms with Gasteiger partial charge in [0.05, 0.1) is 0 Å². The molecule has 0 radical (unpaired) electrons. The molecule has 0 saturated heterocycles. The van der Waals surface area contributed by atoms with E-state index in [1.807, 2.05) is 6.92 Å². The molecule has 1 atom stereocenters. The van der Waals surface area contributed by atoms with E-state index in [-0.39, 0.29) is 11.7 Å². The van der Waals surface area contributed by atoms with Gasteiger partial charge < -0.3 is 10.1 Å². The van der Waals surface area contributed by atoms with Gasteiger partial charge in [0.15, 0.2) is 5.82 Å². The Morgan fingerprint density at radius 2 is 2.06 bits per heavy atom. The largest absolute Gasteiger partial charge is 0.385 e. The second-order valence-electron chi connectivity index (χ2n) is 3.88. The molecule has 4 heteroatoms. The standard InChI is InChI=1S/C12H17F2NO/c1-8-4-5-10(13)12(11(8)14)15-9(2)6-7-16-3/h4-5,9,15H,6-7H2,1-3H3. The fourth-order valence-electron chi connectivity index (χ4n) is 1.40. The van der Waals surface area contributed by atoms with Crippen molar-refractivity contribution in [2.45, 2.75) is 26.3 Å². The number of halogens is 2. The number of nitrogens with one attached hydrogen (secondary N) is 1. The van der Waals surface area contributed by atoms with Crippen molar-refractivity contribution in [3.8, 4) is 0 Å². The van der Waals surface area contributed by atoms with Crippen LogP contribution in [0.15, 0.2) is 12.1 Å². The fourth-order valence-corrected chi connectivity index (χ4v) is 1.40. The first-order valence-corrected chi connectivity index (χ1v) is 5.26. The van der Waals surface area contributed by atoms with E-state index in [4.69, 9.17) is 4.74 Å². The van der Waals surface area contributed by atoms with Gasteiger partial charge in [0.25, 0.3) is 0 Å². The smallest absolute Gasteiger partial charge is 0.152 e. The fraction of sp³-hybridized carbons (Fsp3) is 0.500. The van der Waals surface area contributed by atoms with Crippen molar-refractivity contribution in [1.29, 1.82) is 0 Å². The second kappa shape index (κ2) is 5.80. The molecule has 0 bridgehead atoms. The average molecular weight is 229 g/mol. The molecule has 1 aromatic carbocycles. The molecule has 0 saturated carbocycles. The number of anilines is 1. The molecular formula is C12H17F2NO. The van der Waals surface area contributed by atoms with Crippen LogP contribution in [0.2, 0.25) is 0 Å². The topological polar surface area (TPSA) is 21.3 Å². The van der Waals surface area contributed by atoms with Crippen LogP contribution in [0.5, 0.6) is 0 Å². The van der Waals surface area contributed by atoms with Gasteiger partial charge >= 0.3 is 0 Å². The Morgan fingerprint density at radius 1 is 1.38 bits per heavy atom. The number of rotatable bonds is 5. The van der Waals surface area contributed by atoms with Gasteiger partial charge in [0.1, 0.15) is 11.5 Å². The molecule has 0 aromatic heterocycles. The zero-order valence-electron chi connectivity index (χ0n) is 9.81. The maximum Gasteiger partial charge on any atom is 0.152 e. The highest BCUT2D eigenvalue weighted by molar-refractivity contribution is 5.49. The SMILES string of the molecule is COCCC(C)Nc1c(F)ccc(C)c1F. The van der Waals surface area contributed by atoms with Crippen molar-refractivity contribution in [2.75, 3.05) is 19.0 Å². The molecule has 1 N–H and O–H groups in total. The highest BCUT2D eigenvalue weighted by Crippen LogP contribution is 2.22. The van der Waals surface area contributed by atoms with E-state index in [0.717, 1.165) is 0 Å². The van der Waals surface area contributed by atoms with Crippen molar-refractivity contribution < 1.29 is 13.5 Å². The predicted molar refractivity (Wildman–Crippen MR) is 60.7 cm³/mol. The summed E-state index contributed by atoms with van der Waals surface area (Å²) in [7, 11) is 1.60. The Balaban J connectivity index is 2.76. The molecular weight excluding hydrogens is 212 g/mol. The third-order valence-corrected chi connectivity index (χ3v) is 2.43. The van der Waals surface area contributed by atoms with Crippen LogP contribution in [0.1, 0.15) is 18.9 Å². The summed E-state index contributed by atoms with van der Waals surface area (Å²) >= 11 is 0. The van der Waals surface area contributed by atoms with Gasteiger partial charge in [0, 0.05) is 19.8 Å². The van der Waals surface area contributed by atoms with Crippen LogP contribution < -0.4 is 5.32 Å². The monoisotopic (exact) mass is 229 g/mol. The number of hydrogen-bond donors (Lipinski definition) is 1. The first-order valence-electron chi connectivity index (χ1n) is 5.26. The zero-order valence-corrected chi connectivity index (χ0v) is 9.81. The summed E-state index contributed by atoms with van der Waals surface area (Å²) in [5.41, 5.74) is 0.381. The molecule has 0 spiro atoms. The summed E-state index contributed by atoms with van der Waals surface area (Å²) in [5, 5.41) is 2.82. The lowest BCUT2D eigenvalue weighted by Gasteiger charge is -2.16. The summed E-state index contributed by atoms with van der Waals surface area (Å²) in [6, 6.07) is 2.66. The van der Waals surface area contributed by atoms with Crippen LogP contribution in [0.4, 0.5) is 14.5 Å². The minimum Gasteiger partial charge on any atom is -0.385 e. The Labute approximate surface area is 94.6 Å². The average Bonchev–Trinajstić information content (AvgIpc) is 2.27. The molecule has 1 unspecified atom stereocenters. The first kappa shape index (κ1) is 12.9. The van der Waals surface area contributed by atoms with Crippen LogP contribution in [0.3, 0.4) is 0 Å². The van der Waals surface area contributed by atoms with E-state index in [0.29, 0.717) is 18.6 Å². The van der Waals surface area contributed by atoms with Crippen LogP contribution in [-0.2, 0) is 4.74 Å². The van der Waals surface area contributed by atoms with Crippen molar-refractivity contribution in [3.05, 3.63) is 29.3 Å². The molecule has 1 rings (SSSR count). The van der Waals surface area contributed by atoms with Gasteiger partial charge in [-0.15, -0.1) is 0 Å². The molecule has 1 aromatic rings. The minimum atomic E-state index is -0.563. The maximum absolute atomic E-state index is 13.6. The molecule has 0 amide bonds. The van der Waals surface area contributed by atoms with E-state index < -0.39 is 11.6 Å². The zero-order chi connectivity index (χ0) is 12.1. The van der Waals surface area contributed by atoms with Gasteiger partial charge in [-0.25, -0.2) is 8.78 Å². The van der Waals surface area contributed by atoms with E-state index in [1.165, 1.54) is 12.1 Å². The highest BCUT2D eigenvalue weighted by Gasteiger charge is 2.13. The summed E-state index contributed by atoms with van der Waals surface area (Å²) in [6.07, 6.45) is 0.698. The molecule has 0 heterocycles.